The molecule has 0 rings (SSSR count). The van der Waals surface area contributed by atoms with Gasteiger partial charge in [0.15, 0.2) is 0 Å². The minimum absolute atomic E-state index is 0.262. The second kappa shape index (κ2) is 6.65. The van der Waals surface area contributed by atoms with Gasteiger partial charge in [0.1, 0.15) is 0 Å². The molecule has 0 atom stereocenters. The van der Waals surface area contributed by atoms with Crippen molar-refractivity contribution in [2.45, 2.75) is 52.6 Å². The van der Waals surface area contributed by atoms with E-state index in [9.17, 15) is 0 Å². The van der Waals surface area contributed by atoms with Gasteiger partial charge in [-0.25, -0.2) is 10.8 Å². The molecule has 0 saturated heterocycles. The van der Waals surface area contributed by atoms with Crippen molar-refractivity contribution in [3.05, 3.63) is 0 Å². The van der Waals surface area contributed by atoms with Gasteiger partial charge < -0.3 is 4.90 Å². The first kappa shape index (κ1) is 13.2. The maximum Gasteiger partial charge on any atom is 0.208 e. The molecule has 0 unspecified atom stereocenters. The lowest BCUT2D eigenvalue weighted by molar-refractivity contribution is 0.333. The third kappa shape index (κ3) is 3.96. The smallest absolute Gasteiger partial charge is 0.208 e. The molecule has 0 aliphatic rings. The minimum atomic E-state index is 0.262. The van der Waals surface area contributed by atoms with Crippen LogP contribution in [-0.2, 0) is 0 Å². The summed E-state index contributed by atoms with van der Waals surface area (Å²) < 4.78 is 0. The summed E-state index contributed by atoms with van der Waals surface area (Å²) in [6, 6.07) is 0.765. The molecule has 0 bridgehead atoms. The van der Waals surface area contributed by atoms with Crippen molar-refractivity contribution < 1.29 is 0 Å². The molecule has 3 N–H and O–H groups in total. The molecule has 0 aromatic rings. The summed E-state index contributed by atoms with van der Waals surface area (Å²) in [4.78, 5) is 6.53. The molecule has 4 heteroatoms. The predicted octanol–water partition coefficient (Wildman–Crippen LogP) is 1.33. The molecule has 0 aromatic carbocycles. The summed E-state index contributed by atoms with van der Waals surface area (Å²) in [5.74, 6) is 6.22. The van der Waals surface area contributed by atoms with Crippen LogP contribution in [0, 0.1) is 0 Å². The van der Waals surface area contributed by atoms with E-state index >= 15 is 0 Å². The number of hydrazine groups is 1. The number of nitrogens with zero attached hydrogens (tertiary/aromatic N) is 2. The number of guanidine groups is 1. The lowest BCUT2D eigenvalue weighted by Gasteiger charge is -2.29. The summed E-state index contributed by atoms with van der Waals surface area (Å²) >= 11 is 0. The van der Waals surface area contributed by atoms with Crippen molar-refractivity contribution in [2.24, 2.45) is 10.8 Å². The number of nitrogens with one attached hydrogen (secondary N) is 1. The Morgan fingerprint density at radius 1 is 1.36 bits per heavy atom. The molecular weight excluding hydrogens is 176 g/mol. The van der Waals surface area contributed by atoms with Crippen LogP contribution < -0.4 is 11.3 Å². The number of rotatable bonds is 4. The fourth-order valence-electron chi connectivity index (χ4n) is 1.48. The molecule has 0 spiro atoms. The van der Waals surface area contributed by atoms with Crippen molar-refractivity contribution in [1.82, 2.24) is 10.3 Å². The Bertz CT molecular complexity index is 173. The number of hydrogen-bond acceptors (Lipinski definition) is 2. The molecule has 0 radical (unpaired) electrons. The molecule has 0 amide bonds. The number of nitrogens with two attached hydrogens (primary N) is 1. The zero-order valence-electron chi connectivity index (χ0n) is 10.0. The van der Waals surface area contributed by atoms with Gasteiger partial charge in [0, 0.05) is 19.1 Å². The summed E-state index contributed by atoms with van der Waals surface area (Å²) in [7, 11) is 2.03. The van der Waals surface area contributed by atoms with Crippen LogP contribution in [0.4, 0.5) is 0 Å². The summed E-state index contributed by atoms with van der Waals surface area (Å²) in [5, 5.41) is 0. The largest absolute Gasteiger partial charge is 0.342 e. The quantitative estimate of drug-likeness (QED) is 0.311. The molecule has 0 fully saturated rings. The van der Waals surface area contributed by atoms with Crippen LogP contribution in [0.15, 0.2) is 4.99 Å². The van der Waals surface area contributed by atoms with E-state index in [1.54, 1.807) is 0 Å². The highest BCUT2D eigenvalue weighted by molar-refractivity contribution is 5.79. The Morgan fingerprint density at radius 2 is 1.86 bits per heavy atom. The van der Waals surface area contributed by atoms with E-state index in [-0.39, 0.29) is 6.04 Å². The summed E-state index contributed by atoms with van der Waals surface area (Å²) in [6.45, 7) is 8.43. The fraction of sp³-hybridized carbons (Fsp3) is 0.900. The summed E-state index contributed by atoms with van der Waals surface area (Å²) in [5.41, 5.74) is 2.66. The maximum atomic E-state index is 5.45. The third-order valence-electron chi connectivity index (χ3n) is 2.33. The molecule has 0 aliphatic heterocycles. The van der Waals surface area contributed by atoms with Gasteiger partial charge in [-0.2, -0.15) is 0 Å². The van der Waals surface area contributed by atoms with E-state index in [1.807, 2.05) is 20.9 Å². The van der Waals surface area contributed by atoms with Gasteiger partial charge in [-0.3, -0.25) is 5.43 Å². The molecule has 0 aromatic heterocycles. The van der Waals surface area contributed by atoms with Crippen molar-refractivity contribution in [3.8, 4) is 0 Å². The van der Waals surface area contributed by atoms with E-state index in [2.05, 4.69) is 29.2 Å². The first-order chi connectivity index (χ1) is 6.56. The maximum absolute atomic E-state index is 5.45. The minimum Gasteiger partial charge on any atom is -0.342 e. The highest BCUT2D eigenvalue weighted by Gasteiger charge is 2.14. The van der Waals surface area contributed by atoms with Crippen LogP contribution in [0.5, 0.6) is 0 Å². The highest BCUT2D eigenvalue weighted by Crippen LogP contribution is 2.06. The lowest BCUT2D eigenvalue weighted by atomic mass is 10.1. The average molecular weight is 200 g/mol. The first-order valence-electron chi connectivity index (χ1n) is 5.33. The Kier molecular flexibility index (Phi) is 6.28. The monoisotopic (exact) mass is 200 g/mol. The topological polar surface area (TPSA) is 53.6 Å². The molecule has 0 heterocycles. The average Bonchev–Trinajstić information content (AvgIpc) is 2.15. The third-order valence-corrected chi connectivity index (χ3v) is 2.33. The normalized spacial score (nSPS) is 12.4. The van der Waals surface area contributed by atoms with Gasteiger partial charge >= 0.3 is 0 Å². The molecule has 0 saturated carbocycles. The van der Waals surface area contributed by atoms with Crippen molar-refractivity contribution in [2.75, 3.05) is 7.05 Å². The van der Waals surface area contributed by atoms with Crippen LogP contribution in [-0.4, -0.2) is 30.0 Å². The highest BCUT2D eigenvalue weighted by atomic mass is 15.4. The van der Waals surface area contributed by atoms with Gasteiger partial charge in [0.2, 0.25) is 5.96 Å². The Hall–Kier alpha value is -0.770. The van der Waals surface area contributed by atoms with E-state index in [1.165, 1.54) is 0 Å². The Labute approximate surface area is 87.5 Å². The predicted molar refractivity (Wildman–Crippen MR) is 62.0 cm³/mol. The van der Waals surface area contributed by atoms with Crippen LogP contribution in [0.25, 0.3) is 0 Å². The SMILES string of the molecule is CCC(CC)N(C)C(=NC(C)C)NN. The van der Waals surface area contributed by atoms with E-state index < -0.39 is 0 Å². The first-order valence-corrected chi connectivity index (χ1v) is 5.33. The zero-order valence-corrected chi connectivity index (χ0v) is 10.0. The Morgan fingerprint density at radius 3 is 2.14 bits per heavy atom. The standard InChI is InChI=1S/C10H24N4/c1-6-9(7-2)14(5)10(13-11)12-8(3)4/h8-9H,6-7,11H2,1-5H3,(H,12,13). The zero-order chi connectivity index (χ0) is 11.1. The van der Waals surface area contributed by atoms with Gasteiger partial charge in [0.05, 0.1) is 0 Å². The summed E-state index contributed by atoms with van der Waals surface area (Å²) in [6.07, 6.45) is 2.21. The van der Waals surface area contributed by atoms with Gasteiger partial charge in [-0.05, 0) is 26.7 Å². The van der Waals surface area contributed by atoms with Crippen molar-refractivity contribution >= 4 is 5.96 Å². The molecule has 4 nitrogen and oxygen atoms in total. The number of aliphatic imine (C=N–C) groups is 1. The number of hydrogen-bond donors (Lipinski definition) is 2. The van der Waals surface area contributed by atoms with E-state index in [4.69, 9.17) is 5.84 Å². The van der Waals surface area contributed by atoms with Crippen LogP contribution >= 0.6 is 0 Å². The molecule has 14 heavy (non-hydrogen) atoms. The van der Waals surface area contributed by atoms with Crippen molar-refractivity contribution in [1.29, 1.82) is 0 Å². The molecule has 84 valence electrons. The van der Waals surface area contributed by atoms with E-state index in [0.29, 0.717) is 6.04 Å². The molecular formula is C10H24N4. The Balaban J connectivity index is 4.51. The second-order valence-electron chi connectivity index (χ2n) is 3.77. The van der Waals surface area contributed by atoms with E-state index in [0.717, 1.165) is 18.8 Å². The lowest BCUT2D eigenvalue weighted by Crippen LogP contribution is -2.47. The fourth-order valence-corrected chi connectivity index (χ4v) is 1.48. The van der Waals surface area contributed by atoms with Crippen molar-refractivity contribution in [3.63, 3.8) is 0 Å². The molecule has 0 aliphatic carbocycles. The van der Waals surface area contributed by atoms with Gasteiger partial charge in [0.25, 0.3) is 0 Å². The second-order valence-corrected chi connectivity index (χ2v) is 3.77. The van der Waals surface area contributed by atoms with Crippen LogP contribution in [0.1, 0.15) is 40.5 Å². The van der Waals surface area contributed by atoms with Crippen LogP contribution in [0.3, 0.4) is 0 Å². The van der Waals surface area contributed by atoms with Crippen LogP contribution in [0.2, 0.25) is 0 Å². The van der Waals surface area contributed by atoms with Gasteiger partial charge in [-0.15, -0.1) is 0 Å². The van der Waals surface area contributed by atoms with Gasteiger partial charge in [-0.1, -0.05) is 13.8 Å².